The van der Waals surface area contributed by atoms with Crippen LogP contribution in [-0.4, -0.2) is 33.7 Å². The standard InChI is InChI=1S/C24H20F3N5O3/c1-13-20(21(24(25,26)27)31-32(13)12-14-6-5-7-15(10-14)35-2)30-23(34)19-11-17(22(28)33)16-8-3-4-9-18(16)29-19/h3-11H,12H2,1-2H3,(H2,28,33)(H,30,34). The number of pyridine rings is 1. The lowest BCUT2D eigenvalue weighted by Crippen LogP contribution is -2.19. The van der Waals surface area contributed by atoms with E-state index in [9.17, 15) is 22.8 Å². The fourth-order valence-electron chi connectivity index (χ4n) is 3.67. The van der Waals surface area contributed by atoms with Crippen molar-refractivity contribution in [1.82, 2.24) is 14.8 Å². The summed E-state index contributed by atoms with van der Waals surface area (Å²) < 4.78 is 47.7. The summed E-state index contributed by atoms with van der Waals surface area (Å²) in [6, 6.07) is 14.5. The van der Waals surface area contributed by atoms with Gasteiger partial charge in [-0.1, -0.05) is 30.3 Å². The Morgan fingerprint density at radius 3 is 2.54 bits per heavy atom. The minimum absolute atomic E-state index is 0.0159. The highest BCUT2D eigenvalue weighted by Crippen LogP contribution is 2.36. The van der Waals surface area contributed by atoms with Gasteiger partial charge >= 0.3 is 6.18 Å². The number of aromatic nitrogens is 3. The van der Waals surface area contributed by atoms with E-state index in [0.717, 1.165) is 10.7 Å². The van der Waals surface area contributed by atoms with Gasteiger partial charge in [0.2, 0.25) is 5.91 Å². The van der Waals surface area contributed by atoms with Crippen molar-refractivity contribution in [3.63, 3.8) is 0 Å². The number of carbonyl (C=O) groups excluding carboxylic acids is 2. The second-order valence-electron chi connectivity index (χ2n) is 7.71. The molecule has 180 valence electrons. The largest absolute Gasteiger partial charge is 0.497 e. The predicted octanol–water partition coefficient (Wildman–Crippen LogP) is 4.17. The number of primary amides is 1. The van der Waals surface area contributed by atoms with Crippen LogP contribution in [-0.2, 0) is 12.7 Å². The number of halogens is 3. The molecule has 11 heteroatoms. The molecule has 0 spiro atoms. The van der Waals surface area contributed by atoms with Gasteiger partial charge in [0, 0.05) is 5.39 Å². The van der Waals surface area contributed by atoms with Crippen molar-refractivity contribution < 1.29 is 27.5 Å². The molecule has 4 aromatic rings. The highest BCUT2D eigenvalue weighted by molar-refractivity contribution is 6.10. The number of para-hydroxylation sites is 1. The van der Waals surface area contributed by atoms with Gasteiger partial charge in [-0.3, -0.25) is 14.3 Å². The van der Waals surface area contributed by atoms with E-state index in [-0.39, 0.29) is 23.5 Å². The van der Waals surface area contributed by atoms with Crippen LogP contribution in [0.15, 0.2) is 54.6 Å². The molecule has 2 amide bonds. The first-order chi connectivity index (χ1) is 16.6. The van der Waals surface area contributed by atoms with Crippen molar-refractivity contribution in [3.8, 4) is 5.75 Å². The Morgan fingerprint density at radius 1 is 1.11 bits per heavy atom. The SMILES string of the molecule is COc1cccc(Cn2nc(C(F)(F)F)c(NC(=O)c3cc(C(N)=O)c4ccccc4n3)c2C)c1. The molecule has 35 heavy (non-hydrogen) atoms. The van der Waals surface area contributed by atoms with E-state index in [1.807, 2.05) is 0 Å². The summed E-state index contributed by atoms with van der Waals surface area (Å²) in [7, 11) is 1.48. The van der Waals surface area contributed by atoms with Crippen LogP contribution in [0.5, 0.6) is 5.75 Å². The zero-order chi connectivity index (χ0) is 25.3. The van der Waals surface area contributed by atoms with E-state index >= 15 is 0 Å². The molecule has 0 unspecified atom stereocenters. The maximum Gasteiger partial charge on any atom is 0.437 e. The van der Waals surface area contributed by atoms with Crippen LogP contribution in [0, 0.1) is 6.92 Å². The zero-order valence-corrected chi connectivity index (χ0v) is 18.7. The number of alkyl halides is 3. The van der Waals surface area contributed by atoms with Gasteiger partial charge in [-0.15, -0.1) is 0 Å². The van der Waals surface area contributed by atoms with E-state index in [2.05, 4.69) is 15.4 Å². The van der Waals surface area contributed by atoms with Crippen molar-refractivity contribution in [1.29, 1.82) is 0 Å². The Kier molecular flexibility index (Phi) is 6.16. The summed E-state index contributed by atoms with van der Waals surface area (Å²) in [5.41, 5.74) is 4.50. The van der Waals surface area contributed by atoms with Crippen LogP contribution in [0.1, 0.15) is 37.8 Å². The molecule has 2 aromatic carbocycles. The van der Waals surface area contributed by atoms with Gasteiger partial charge in [-0.25, -0.2) is 4.98 Å². The second kappa shape index (κ2) is 9.09. The van der Waals surface area contributed by atoms with Crippen LogP contribution in [0.4, 0.5) is 18.9 Å². The van der Waals surface area contributed by atoms with Crippen LogP contribution < -0.4 is 15.8 Å². The number of hydrogen-bond donors (Lipinski definition) is 2. The van der Waals surface area contributed by atoms with Crippen LogP contribution >= 0.6 is 0 Å². The highest BCUT2D eigenvalue weighted by atomic mass is 19.4. The van der Waals surface area contributed by atoms with E-state index < -0.39 is 29.4 Å². The average Bonchev–Trinajstić information content (AvgIpc) is 3.13. The minimum Gasteiger partial charge on any atom is -0.497 e. The van der Waals surface area contributed by atoms with Gasteiger partial charge in [0.05, 0.1) is 36.1 Å². The van der Waals surface area contributed by atoms with Crippen molar-refractivity contribution in [2.24, 2.45) is 5.73 Å². The predicted molar refractivity (Wildman–Crippen MR) is 122 cm³/mol. The second-order valence-corrected chi connectivity index (χ2v) is 7.71. The quantitative estimate of drug-likeness (QED) is 0.428. The van der Waals surface area contributed by atoms with Gasteiger partial charge < -0.3 is 15.8 Å². The lowest BCUT2D eigenvalue weighted by atomic mass is 10.1. The summed E-state index contributed by atoms with van der Waals surface area (Å²) in [5, 5.41) is 6.42. The third-order valence-electron chi connectivity index (χ3n) is 5.39. The summed E-state index contributed by atoms with van der Waals surface area (Å²) in [6.07, 6.45) is -4.83. The molecule has 0 radical (unpaired) electrons. The summed E-state index contributed by atoms with van der Waals surface area (Å²) >= 11 is 0. The van der Waals surface area contributed by atoms with Crippen molar-refractivity contribution in [2.45, 2.75) is 19.6 Å². The van der Waals surface area contributed by atoms with E-state index in [4.69, 9.17) is 10.5 Å². The van der Waals surface area contributed by atoms with Gasteiger partial charge in [-0.2, -0.15) is 18.3 Å². The molecule has 0 fully saturated rings. The van der Waals surface area contributed by atoms with Crippen molar-refractivity contribution in [3.05, 3.63) is 82.8 Å². The molecule has 2 aromatic heterocycles. The van der Waals surface area contributed by atoms with Gasteiger partial charge in [0.15, 0.2) is 5.69 Å². The number of nitrogens with one attached hydrogen (secondary N) is 1. The molecule has 2 heterocycles. The Morgan fingerprint density at radius 2 is 1.86 bits per heavy atom. The number of fused-ring (bicyclic) bond motifs is 1. The number of nitrogens with two attached hydrogens (primary N) is 1. The molecule has 0 aliphatic carbocycles. The first kappa shape index (κ1) is 23.7. The molecule has 0 bridgehead atoms. The first-order valence-electron chi connectivity index (χ1n) is 10.4. The smallest absolute Gasteiger partial charge is 0.437 e. The van der Waals surface area contributed by atoms with Gasteiger partial charge in [0.25, 0.3) is 5.91 Å². The Balaban J connectivity index is 1.73. The molecule has 0 saturated carbocycles. The number of ether oxygens (including phenoxy) is 1. The fraction of sp³-hybridized carbons (Fsp3) is 0.167. The number of rotatable bonds is 6. The number of benzene rings is 2. The first-order valence-corrected chi connectivity index (χ1v) is 10.4. The van der Waals surface area contributed by atoms with Crippen molar-refractivity contribution >= 4 is 28.4 Å². The average molecular weight is 483 g/mol. The van der Waals surface area contributed by atoms with E-state index in [1.54, 1.807) is 48.5 Å². The summed E-state index contributed by atoms with van der Waals surface area (Å²) in [6.45, 7) is 1.43. The topological polar surface area (TPSA) is 112 Å². The van der Waals surface area contributed by atoms with E-state index in [0.29, 0.717) is 22.2 Å². The monoisotopic (exact) mass is 483 g/mol. The number of anilines is 1. The molecule has 4 rings (SSSR count). The zero-order valence-electron chi connectivity index (χ0n) is 18.7. The molecule has 3 N–H and O–H groups in total. The number of nitrogens with zero attached hydrogens (tertiary/aromatic N) is 3. The maximum absolute atomic E-state index is 13.8. The van der Waals surface area contributed by atoms with Crippen LogP contribution in [0.3, 0.4) is 0 Å². The van der Waals surface area contributed by atoms with Crippen LogP contribution in [0.25, 0.3) is 10.9 Å². The molecular weight excluding hydrogens is 463 g/mol. The normalized spacial score (nSPS) is 11.5. The molecule has 8 nitrogen and oxygen atoms in total. The molecule has 0 saturated heterocycles. The summed E-state index contributed by atoms with van der Waals surface area (Å²) in [4.78, 5) is 29.1. The van der Waals surface area contributed by atoms with Gasteiger partial charge in [0.1, 0.15) is 11.4 Å². The van der Waals surface area contributed by atoms with Crippen molar-refractivity contribution in [2.75, 3.05) is 12.4 Å². The van der Waals surface area contributed by atoms with Gasteiger partial charge in [-0.05, 0) is 36.8 Å². The minimum atomic E-state index is -4.83. The number of amides is 2. The third kappa shape index (κ3) is 4.79. The Labute approximate surface area is 197 Å². The highest BCUT2D eigenvalue weighted by Gasteiger charge is 2.39. The molecular formula is C24H20F3N5O3. The fourth-order valence-corrected chi connectivity index (χ4v) is 3.67. The van der Waals surface area contributed by atoms with Crippen LogP contribution in [0.2, 0.25) is 0 Å². The number of hydrogen-bond acceptors (Lipinski definition) is 5. The third-order valence-corrected chi connectivity index (χ3v) is 5.39. The lowest BCUT2D eigenvalue weighted by molar-refractivity contribution is -0.140. The number of methoxy groups -OCH3 is 1. The Hall–Kier alpha value is -4.41. The lowest BCUT2D eigenvalue weighted by Gasteiger charge is -2.11. The number of carbonyl (C=O) groups is 2. The molecule has 0 aliphatic heterocycles. The Bertz CT molecular complexity index is 1450. The molecule has 0 aliphatic rings. The van der Waals surface area contributed by atoms with E-state index in [1.165, 1.54) is 14.0 Å². The molecule has 0 atom stereocenters. The summed E-state index contributed by atoms with van der Waals surface area (Å²) in [5.74, 6) is -1.19. The maximum atomic E-state index is 13.8.